The summed E-state index contributed by atoms with van der Waals surface area (Å²) in [7, 11) is 0. The third kappa shape index (κ3) is 6.75. The van der Waals surface area contributed by atoms with Crippen molar-refractivity contribution in [2.45, 2.75) is 12.6 Å². The molecule has 1 N–H and O–H groups in total. The molecule has 0 atom stereocenters. The number of carbonyl (C=O) groups is 1. The molecule has 0 saturated carbocycles. The first-order chi connectivity index (χ1) is 17.3. The molecule has 3 aromatic rings. The van der Waals surface area contributed by atoms with Crippen LogP contribution in [0.5, 0.6) is 5.75 Å². The van der Waals surface area contributed by atoms with Crippen LogP contribution in [-0.4, -0.2) is 68.0 Å². The van der Waals surface area contributed by atoms with Crippen molar-refractivity contribution >= 4 is 11.6 Å². The first kappa shape index (κ1) is 25.5. The van der Waals surface area contributed by atoms with Crippen molar-refractivity contribution in [1.29, 1.82) is 0 Å². The van der Waals surface area contributed by atoms with Crippen LogP contribution in [0.4, 0.5) is 23.2 Å². The van der Waals surface area contributed by atoms with Crippen LogP contribution < -0.4 is 15.0 Å². The Morgan fingerprint density at radius 2 is 1.83 bits per heavy atom. The van der Waals surface area contributed by atoms with Gasteiger partial charge in [0.1, 0.15) is 29.1 Å². The molecule has 4 rings (SSSR count). The van der Waals surface area contributed by atoms with E-state index >= 15 is 0 Å². The SMILES string of the molecule is O=C(NCCCN1CCN(c2ccc(F)cc2OCC(F)(F)F)CC1)c1conc1-c1ccccc1. The molecule has 0 spiro atoms. The highest BCUT2D eigenvalue weighted by Gasteiger charge is 2.29. The topological polar surface area (TPSA) is 70.8 Å². The fourth-order valence-corrected chi connectivity index (χ4v) is 4.04. The van der Waals surface area contributed by atoms with Gasteiger partial charge in [-0.05, 0) is 25.1 Å². The van der Waals surface area contributed by atoms with Gasteiger partial charge < -0.3 is 19.5 Å². The van der Waals surface area contributed by atoms with Crippen LogP contribution >= 0.6 is 0 Å². The number of nitrogens with zero attached hydrogens (tertiary/aromatic N) is 3. The minimum Gasteiger partial charge on any atom is -0.482 e. The Morgan fingerprint density at radius 3 is 2.56 bits per heavy atom. The molecule has 0 bridgehead atoms. The van der Waals surface area contributed by atoms with Gasteiger partial charge in [0.25, 0.3) is 5.91 Å². The Bertz CT molecular complexity index is 1150. The standard InChI is InChI=1S/C25H26F4N4O3/c26-19-7-8-21(22(15-19)35-17-25(27,28)29)33-13-11-32(12-14-33)10-4-9-30-24(34)20-16-36-31-23(20)18-5-2-1-3-6-18/h1-3,5-8,15-16H,4,9-14,17H2,(H,30,34). The summed E-state index contributed by atoms with van der Waals surface area (Å²) < 4.78 is 61.2. The van der Waals surface area contributed by atoms with Crippen molar-refractivity contribution in [3.05, 3.63) is 66.2 Å². The van der Waals surface area contributed by atoms with Crippen molar-refractivity contribution in [3.63, 3.8) is 0 Å². The molecule has 1 saturated heterocycles. The number of nitrogens with one attached hydrogen (secondary N) is 1. The van der Waals surface area contributed by atoms with Crippen molar-refractivity contribution in [3.8, 4) is 17.0 Å². The van der Waals surface area contributed by atoms with Crippen LogP contribution in [0.25, 0.3) is 11.3 Å². The number of rotatable bonds is 9. The summed E-state index contributed by atoms with van der Waals surface area (Å²) in [6.45, 7) is 2.19. The van der Waals surface area contributed by atoms with Crippen LogP contribution in [-0.2, 0) is 0 Å². The molecule has 36 heavy (non-hydrogen) atoms. The molecule has 192 valence electrons. The molecule has 1 fully saturated rings. The number of alkyl halides is 3. The predicted octanol–water partition coefficient (Wildman–Crippen LogP) is 4.36. The van der Waals surface area contributed by atoms with E-state index in [9.17, 15) is 22.4 Å². The average Bonchev–Trinajstić information content (AvgIpc) is 3.36. The van der Waals surface area contributed by atoms with Gasteiger partial charge in [-0.15, -0.1) is 0 Å². The number of piperazine rings is 1. The van der Waals surface area contributed by atoms with Gasteiger partial charge in [0.2, 0.25) is 0 Å². The molecule has 2 heterocycles. The number of anilines is 1. The summed E-state index contributed by atoms with van der Waals surface area (Å²) in [5, 5.41) is 6.83. The number of benzene rings is 2. The maximum absolute atomic E-state index is 13.6. The van der Waals surface area contributed by atoms with E-state index in [2.05, 4.69) is 15.4 Å². The van der Waals surface area contributed by atoms with Crippen LogP contribution in [0.1, 0.15) is 16.8 Å². The summed E-state index contributed by atoms with van der Waals surface area (Å²) in [6, 6.07) is 12.9. The highest BCUT2D eigenvalue weighted by molar-refractivity contribution is 5.99. The highest BCUT2D eigenvalue weighted by Crippen LogP contribution is 2.31. The van der Waals surface area contributed by atoms with Gasteiger partial charge in [-0.3, -0.25) is 9.69 Å². The molecule has 0 unspecified atom stereocenters. The second-order valence-electron chi connectivity index (χ2n) is 8.40. The average molecular weight is 507 g/mol. The van der Waals surface area contributed by atoms with E-state index in [1.807, 2.05) is 35.2 Å². The lowest BCUT2D eigenvalue weighted by atomic mass is 10.1. The van der Waals surface area contributed by atoms with E-state index in [0.29, 0.717) is 56.1 Å². The van der Waals surface area contributed by atoms with Crippen LogP contribution in [0.3, 0.4) is 0 Å². The van der Waals surface area contributed by atoms with Crippen molar-refractivity contribution in [1.82, 2.24) is 15.4 Å². The molecule has 0 radical (unpaired) electrons. The van der Waals surface area contributed by atoms with Gasteiger partial charge >= 0.3 is 6.18 Å². The lowest BCUT2D eigenvalue weighted by Gasteiger charge is -2.36. The lowest BCUT2D eigenvalue weighted by molar-refractivity contribution is -0.153. The minimum atomic E-state index is -4.51. The number of halogens is 4. The van der Waals surface area contributed by atoms with Gasteiger partial charge in [-0.25, -0.2) is 4.39 Å². The fraction of sp³-hybridized carbons (Fsp3) is 0.360. The van der Waals surface area contributed by atoms with Gasteiger partial charge in [-0.1, -0.05) is 35.5 Å². The number of amides is 1. The van der Waals surface area contributed by atoms with Gasteiger partial charge in [0.15, 0.2) is 6.61 Å². The number of hydrogen-bond donors (Lipinski definition) is 1. The van der Waals surface area contributed by atoms with E-state index in [1.165, 1.54) is 18.4 Å². The minimum absolute atomic E-state index is 0.118. The zero-order valence-electron chi connectivity index (χ0n) is 19.4. The van der Waals surface area contributed by atoms with Crippen LogP contribution in [0.2, 0.25) is 0 Å². The molecule has 0 aliphatic carbocycles. The predicted molar refractivity (Wildman–Crippen MR) is 125 cm³/mol. The first-order valence-electron chi connectivity index (χ1n) is 11.5. The number of aromatic nitrogens is 1. The monoisotopic (exact) mass is 506 g/mol. The Morgan fingerprint density at radius 1 is 1.08 bits per heavy atom. The fourth-order valence-electron chi connectivity index (χ4n) is 4.04. The van der Waals surface area contributed by atoms with Crippen molar-refractivity contribution in [2.24, 2.45) is 0 Å². The molecule has 1 aliphatic rings. The Balaban J connectivity index is 1.23. The Labute approximate surface area is 205 Å². The summed E-state index contributed by atoms with van der Waals surface area (Å²) in [5.41, 5.74) is 2.10. The molecule has 1 amide bonds. The maximum atomic E-state index is 13.6. The lowest BCUT2D eigenvalue weighted by Crippen LogP contribution is -2.47. The third-order valence-corrected chi connectivity index (χ3v) is 5.82. The summed E-state index contributed by atoms with van der Waals surface area (Å²) in [6.07, 6.45) is -2.46. The van der Waals surface area contributed by atoms with E-state index in [-0.39, 0.29) is 11.7 Å². The number of carbonyl (C=O) groups excluding carboxylic acids is 1. The zero-order valence-corrected chi connectivity index (χ0v) is 19.4. The smallest absolute Gasteiger partial charge is 0.422 e. The normalized spacial score (nSPS) is 14.6. The Hall–Kier alpha value is -3.60. The second-order valence-corrected chi connectivity index (χ2v) is 8.40. The molecule has 11 heteroatoms. The summed E-state index contributed by atoms with van der Waals surface area (Å²) in [5.74, 6) is -1.03. The molecule has 2 aromatic carbocycles. The Kier molecular flexibility index (Phi) is 8.09. The largest absolute Gasteiger partial charge is 0.482 e. The van der Waals surface area contributed by atoms with Gasteiger partial charge in [0, 0.05) is 44.4 Å². The molecule has 7 nitrogen and oxygen atoms in total. The number of ether oxygens (including phenoxy) is 1. The van der Waals surface area contributed by atoms with Gasteiger partial charge in [0.05, 0.1) is 5.69 Å². The summed E-state index contributed by atoms with van der Waals surface area (Å²) in [4.78, 5) is 16.7. The quantitative estimate of drug-likeness (QED) is 0.344. The zero-order chi connectivity index (χ0) is 25.5. The second kappa shape index (κ2) is 11.4. The molecular formula is C25H26F4N4O3. The van der Waals surface area contributed by atoms with E-state index in [1.54, 1.807) is 0 Å². The van der Waals surface area contributed by atoms with Crippen LogP contribution in [0.15, 0.2) is 59.3 Å². The van der Waals surface area contributed by atoms with Crippen molar-refractivity contribution < 1.29 is 31.6 Å². The number of hydrogen-bond acceptors (Lipinski definition) is 6. The van der Waals surface area contributed by atoms with Crippen LogP contribution in [0, 0.1) is 5.82 Å². The maximum Gasteiger partial charge on any atom is 0.422 e. The molecule has 1 aliphatic heterocycles. The third-order valence-electron chi connectivity index (χ3n) is 5.82. The first-order valence-corrected chi connectivity index (χ1v) is 11.5. The van der Waals surface area contributed by atoms with Gasteiger partial charge in [-0.2, -0.15) is 13.2 Å². The van der Waals surface area contributed by atoms with Crippen molar-refractivity contribution in [2.75, 3.05) is 50.8 Å². The van der Waals surface area contributed by atoms with E-state index in [4.69, 9.17) is 9.26 Å². The summed E-state index contributed by atoms with van der Waals surface area (Å²) >= 11 is 0. The molecular weight excluding hydrogens is 480 g/mol. The molecule has 1 aromatic heterocycles. The van der Waals surface area contributed by atoms with E-state index in [0.717, 1.165) is 18.2 Å². The van der Waals surface area contributed by atoms with E-state index < -0.39 is 18.6 Å². The highest BCUT2D eigenvalue weighted by atomic mass is 19.4.